The van der Waals surface area contributed by atoms with Crippen LogP contribution in [0.5, 0.6) is 11.5 Å². The average molecular weight is 439 g/mol. The topological polar surface area (TPSA) is 67.9 Å². The third kappa shape index (κ3) is 6.02. The fraction of sp³-hybridized carbons (Fsp3) is 0.462. The SMILES string of the molecule is CCC(C)NC(=O)C(CC)N(Cc1cccc(C)c1)C(=O)CCc1ccc2c(c1)OCO2. The number of nitrogens with one attached hydrogen (secondary N) is 1. The standard InChI is InChI=1S/C26H34N2O4/c1-5-19(4)27-26(30)22(6-2)28(16-21-9-7-8-18(3)14-21)25(29)13-11-20-10-12-23-24(15-20)32-17-31-23/h7-10,12,14-15,19,22H,5-6,11,13,16-17H2,1-4H3,(H,27,30). The Morgan fingerprint density at radius 1 is 1.03 bits per heavy atom. The van der Waals surface area contributed by atoms with E-state index in [4.69, 9.17) is 9.47 Å². The van der Waals surface area contributed by atoms with Gasteiger partial charge in [0.15, 0.2) is 11.5 Å². The summed E-state index contributed by atoms with van der Waals surface area (Å²) in [6, 6.07) is 13.4. The lowest BCUT2D eigenvalue weighted by molar-refractivity contribution is -0.141. The fourth-order valence-electron chi connectivity index (χ4n) is 3.86. The monoisotopic (exact) mass is 438 g/mol. The first kappa shape index (κ1) is 23.6. The molecule has 32 heavy (non-hydrogen) atoms. The van der Waals surface area contributed by atoms with Gasteiger partial charge in [-0.2, -0.15) is 0 Å². The van der Waals surface area contributed by atoms with Crippen molar-refractivity contribution in [3.05, 3.63) is 59.2 Å². The first-order valence-corrected chi connectivity index (χ1v) is 11.4. The molecule has 0 bridgehead atoms. The number of carbonyl (C=O) groups is 2. The van der Waals surface area contributed by atoms with E-state index in [1.807, 2.05) is 64.1 Å². The van der Waals surface area contributed by atoms with Crippen LogP contribution in [-0.2, 0) is 22.6 Å². The second-order valence-corrected chi connectivity index (χ2v) is 8.44. The number of carbonyl (C=O) groups excluding carboxylic acids is 2. The summed E-state index contributed by atoms with van der Waals surface area (Å²) in [6.45, 7) is 8.64. The van der Waals surface area contributed by atoms with Crippen LogP contribution in [0.1, 0.15) is 56.7 Å². The Kier molecular flexibility index (Phi) is 8.14. The van der Waals surface area contributed by atoms with Crippen LogP contribution >= 0.6 is 0 Å². The van der Waals surface area contributed by atoms with Gasteiger partial charge < -0.3 is 19.7 Å². The van der Waals surface area contributed by atoms with Crippen LogP contribution in [0.25, 0.3) is 0 Å². The normalized spacial score (nSPS) is 14.0. The van der Waals surface area contributed by atoms with Gasteiger partial charge in [-0.25, -0.2) is 0 Å². The highest BCUT2D eigenvalue weighted by Gasteiger charge is 2.29. The minimum atomic E-state index is -0.506. The zero-order chi connectivity index (χ0) is 23.1. The van der Waals surface area contributed by atoms with Gasteiger partial charge in [0, 0.05) is 19.0 Å². The van der Waals surface area contributed by atoms with E-state index in [9.17, 15) is 9.59 Å². The van der Waals surface area contributed by atoms with Crippen molar-refractivity contribution in [3.63, 3.8) is 0 Å². The first-order valence-electron chi connectivity index (χ1n) is 11.4. The van der Waals surface area contributed by atoms with Crippen molar-refractivity contribution in [2.75, 3.05) is 6.79 Å². The van der Waals surface area contributed by atoms with E-state index in [0.29, 0.717) is 31.6 Å². The molecule has 0 aromatic heterocycles. The van der Waals surface area contributed by atoms with E-state index in [-0.39, 0.29) is 24.6 Å². The molecule has 2 atom stereocenters. The summed E-state index contributed by atoms with van der Waals surface area (Å²) >= 11 is 0. The second kappa shape index (κ2) is 11.0. The lowest BCUT2D eigenvalue weighted by atomic mass is 10.0. The van der Waals surface area contributed by atoms with Crippen LogP contribution in [-0.4, -0.2) is 35.6 Å². The van der Waals surface area contributed by atoms with Gasteiger partial charge in [-0.15, -0.1) is 0 Å². The highest BCUT2D eigenvalue weighted by atomic mass is 16.7. The number of fused-ring (bicyclic) bond motifs is 1. The zero-order valence-electron chi connectivity index (χ0n) is 19.5. The molecule has 0 radical (unpaired) electrons. The van der Waals surface area contributed by atoms with Crippen molar-refractivity contribution in [1.29, 1.82) is 0 Å². The molecule has 0 spiro atoms. The van der Waals surface area contributed by atoms with Crippen LogP contribution in [0.15, 0.2) is 42.5 Å². The molecule has 1 aliphatic heterocycles. The van der Waals surface area contributed by atoms with Gasteiger partial charge in [0.05, 0.1) is 0 Å². The number of rotatable bonds is 10. The predicted octanol–water partition coefficient (Wildman–Crippen LogP) is 4.38. The number of ether oxygens (including phenoxy) is 2. The molecule has 0 fully saturated rings. The molecule has 6 nitrogen and oxygen atoms in total. The van der Waals surface area contributed by atoms with Gasteiger partial charge in [-0.05, 0) is 56.4 Å². The second-order valence-electron chi connectivity index (χ2n) is 8.44. The maximum Gasteiger partial charge on any atom is 0.243 e. The van der Waals surface area contributed by atoms with E-state index in [0.717, 1.165) is 28.9 Å². The molecular weight excluding hydrogens is 404 g/mol. The predicted molar refractivity (Wildman–Crippen MR) is 125 cm³/mol. The Hall–Kier alpha value is -3.02. The molecule has 1 N–H and O–H groups in total. The van der Waals surface area contributed by atoms with Crippen LogP contribution in [0.2, 0.25) is 0 Å². The molecule has 6 heteroatoms. The number of hydrogen-bond acceptors (Lipinski definition) is 4. The first-order chi connectivity index (χ1) is 15.4. The molecule has 0 saturated heterocycles. The van der Waals surface area contributed by atoms with Gasteiger partial charge >= 0.3 is 0 Å². The third-order valence-corrected chi connectivity index (χ3v) is 5.89. The van der Waals surface area contributed by atoms with Crippen LogP contribution in [0.3, 0.4) is 0 Å². The summed E-state index contributed by atoms with van der Waals surface area (Å²) in [5, 5.41) is 3.05. The smallest absolute Gasteiger partial charge is 0.243 e. The van der Waals surface area contributed by atoms with Gasteiger partial charge in [0.1, 0.15) is 6.04 Å². The van der Waals surface area contributed by atoms with Crippen molar-refractivity contribution in [3.8, 4) is 11.5 Å². The van der Waals surface area contributed by atoms with Gasteiger partial charge in [0.2, 0.25) is 18.6 Å². The maximum atomic E-state index is 13.4. The quantitative estimate of drug-likeness (QED) is 0.598. The average Bonchev–Trinajstić information content (AvgIpc) is 3.25. The van der Waals surface area contributed by atoms with Crippen LogP contribution in [0.4, 0.5) is 0 Å². The summed E-state index contributed by atoms with van der Waals surface area (Å²) in [4.78, 5) is 28.1. The number of hydrogen-bond donors (Lipinski definition) is 1. The van der Waals surface area contributed by atoms with E-state index >= 15 is 0 Å². The van der Waals surface area contributed by atoms with Crippen LogP contribution < -0.4 is 14.8 Å². The molecule has 2 aromatic carbocycles. The maximum absolute atomic E-state index is 13.4. The van der Waals surface area contributed by atoms with Crippen molar-refractivity contribution < 1.29 is 19.1 Å². The summed E-state index contributed by atoms with van der Waals surface area (Å²) < 4.78 is 10.8. The molecule has 2 aromatic rings. The van der Waals surface area contributed by atoms with Gasteiger partial charge in [-0.3, -0.25) is 9.59 Å². The molecule has 0 aliphatic carbocycles. The lowest BCUT2D eigenvalue weighted by Gasteiger charge is -2.31. The van der Waals surface area contributed by atoms with Crippen molar-refractivity contribution in [2.24, 2.45) is 0 Å². The van der Waals surface area contributed by atoms with Crippen molar-refractivity contribution in [2.45, 2.75) is 72.0 Å². The largest absolute Gasteiger partial charge is 0.454 e. The Bertz CT molecular complexity index is 943. The Morgan fingerprint density at radius 2 is 1.81 bits per heavy atom. The Morgan fingerprint density at radius 3 is 2.53 bits per heavy atom. The minimum Gasteiger partial charge on any atom is -0.454 e. The van der Waals surface area contributed by atoms with E-state index < -0.39 is 6.04 Å². The fourth-order valence-corrected chi connectivity index (χ4v) is 3.86. The van der Waals surface area contributed by atoms with Gasteiger partial charge in [0.25, 0.3) is 0 Å². The lowest BCUT2D eigenvalue weighted by Crippen LogP contribution is -2.50. The molecule has 2 unspecified atom stereocenters. The van der Waals surface area contributed by atoms with Crippen LogP contribution in [0, 0.1) is 6.92 Å². The molecule has 1 heterocycles. The Labute approximate surface area is 190 Å². The van der Waals surface area contributed by atoms with Gasteiger partial charge in [-0.1, -0.05) is 49.7 Å². The molecule has 3 rings (SSSR count). The summed E-state index contributed by atoms with van der Waals surface area (Å²) in [6.07, 6.45) is 2.30. The summed E-state index contributed by atoms with van der Waals surface area (Å²) in [5.74, 6) is 1.32. The minimum absolute atomic E-state index is 0.0321. The molecule has 0 saturated carbocycles. The van der Waals surface area contributed by atoms with Crippen molar-refractivity contribution >= 4 is 11.8 Å². The number of nitrogens with zero attached hydrogens (tertiary/aromatic N) is 1. The summed E-state index contributed by atoms with van der Waals surface area (Å²) in [7, 11) is 0. The van der Waals surface area contributed by atoms with Crippen molar-refractivity contribution in [1.82, 2.24) is 10.2 Å². The number of amides is 2. The number of aryl methyl sites for hydroxylation is 2. The molecular formula is C26H34N2O4. The van der Waals surface area contributed by atoms with E-state index in [1.165, 1.54) is 0 Å². The van der Waals surface area contributed by atoms with E-state index in [2.05, 4.69) is 11.4 Å². The zero-order valence-corrected chi connectivity index (χ0v) is 19.5. The highest BCUT2D eigenvalue weighted by molar-refractivity contribution is 5.88. The highest BCUT2D eigenvalue weighted by Crippen LogP contribution is 2.32. The summed E-state index contributed by atoms with van der Waals surface area (Å²) in [5.41, 5.74) is 3.17. The Balaban J connectivity index is 1.76. The number of benzene rings is 2. The third-order valence-electron chi connectivity index (χ3n) is 5.89. The molecule has 172 valence electrons. The molecule has 2 amide bonds. The van der Waals surface area contributed by atoms with E-state index in [1.54, 1.807) is 4.90 Å². The molecule has 1 aliphatic rings.